The van der Waals surface area contributed by atoms with Gasteiger partial charge in [-0.1, -0.05) is 36.4 Å². The van der Waals surface area contributed by atoms with Gasteiger partial charge >= 0.3 is 11.9 Å². The standard InChI is InChI=1S/C20H18O6/c21-19(13-7-3-1-4-8-13)25-15-11-23-18-16(12-24-17(15)18)26-20(22)14-9-5-2-6-10-14/h1-10,15-18H,11-12H2/t15-,16-,17+,18+/m0/s1. The molecule has 0 spiro atoms. The van der Waals surface area contributed by atoms with E-state index in [-0.39, 0.29) is 13.2 Å². The third-order valence-electron chi connectivity index (χ3n) is 4.50. The lowest BCUT2D eigenvalue weighted by atomic mass is 10.1. The summed E-state index contributed by atoms with van der Waals surface area (Å²) in [6.45, 7) is 0.431. The quantitative estimate of drug-likeness (QED) is 0.784. The number of fused-ring (bicyclic) bond motifs is 1. The summed E-state index contributed by atoms with van der Waals surface area (Å²) in [4.78, 5) is 24.4. The maximum Gasteiger partial charge on any atom is 0.338 e. The van der Waals surface area contributed by atoms with Crippen LogP contribution in [-0.4, -0.2) is 49.6 Å². The Morgan fingerprint density at radius 1 is 0.692 bits per heavy atom. The van der Waals surface area contributed by atoms with E-state index in [1.807, 2.05) is 12.1 Å². The molecular formula is C20H18O6. The first-order valence-corrected chi connectivity index (χ1v) is 8.47. The van der Waals surface area contributed by atoms with Gasteiger partial charge in [-0.05, 0) is 24.3 Å². The Hall–Kier alpha value is -2.70. The maximum atomic E-state index is 12.2. The van der Waals surface area contributed by atoms with E-state index in [1.54, 1.807) is 48.5 Å². The second-order valence-electron chi connectivity index (χ2n) is 6.22. The lowest BCUT2D eigenvalue weighted by Crippen LogP contribution is -2.36. The number of hydrogen-bond donors (Lipinski definition) is 0. The summed E-state index contributed by atoms with van der Waals surface area (Å²) in [6, 6.07) is 17.5. The van der Waals surface area contributed by atoms with E-state index in [0.29, 0.717) is 11.1 Å². The first-order chi connectivity index (χ1) is 12.7. The predicted molar refractivity (Wildman–Crippen MR) is 90.8 cm³/mol. The average Bonchev–Trinajstić information content (AvgIpc) is 3.27. The maximum absolute atomic E-state index is 12.2. The van der Waals surface area contributed by atoms with Crippen molar-refractivity contribution in [1.82, 2.24) is 0 Å². The Morgan fingerprint density at radius 3 is 1.46 bits per heavy atom. The molecule has 134 valence electrons. The average molecular weight is 354 g/mol. The first kappa shape index (κ1) is 16.8. The number of carbonyl (C=O) groups is 2. The predicted octanol–water partition coefficient (Wildman–Crippen LogP) is 2.24. The lowest BCUT2D eigenvalue weighted by molar-refractivity contribution is -0.0287. The summed E-state index contributed by atoms with van der Waals surface area (Å²) < 4.78 is 22.4. The van der Waals surface area contributed by atoms with Gasteiger partial charge in [0, 0.05) is 0 Å². The minimum Gasteiger partial charge on any atom is -0.453 e. The molecule has 0 radical (unpaired) electrons. The van der Waals surface area contributed by atoms with E-state index < -0.39 is 36.4 Å². The van der Waals surface area contributed by atoms with Gasteiger partial charge in [0.05, 0.1) is 24.3 Å². The molecule has 2 aliphatic heterocycles. The van der Waals surface area contributed by atoms with Crippen LogP contribution in [0.5, 0.6) is 0 Å². The van der Waals surface area contributed by atoms with Gasteiger partial charge in [0.1, 0.15) is 12.2 Å². The molecule has 26 heavy (non-hydrogen) atoms. The summed E-state index contributed by atoms with van der Waals surface area (Å²) in [7, 11) is 0. The third kappa shape index (κ3) is 3.34. The van der Waals surface area contributed by atoms with Crippen LogP contribution in [0.4, 0.5) is 0 Å². The number of carbonyl (C=O) groups excluding carboxylic acids is 2. The second kappa shape index (κ2) is 7.27. The molecule has 0 bridgehead atoms. The van der Waals surface area contributed by atoms with Crippen LogP contribution >= 0.6 is 0 Å². The van der Waals surface area contributed by atoms with Gasteiger partial charge < -0.3 is 18.9 Å². The summed E-state index contributed by atoms with van der Waals surface area (Å²) in [6.07, 6.45) is -1.91. The molecule has 2 aromatic carbocycles. The van der Waals surface area contributed by atoms with Crippen LogP contribution < -0.4 is 0 Å². The van der Waals surface area contributed by atoms with Gasteiger partial charge in [-0.15, -0.1) is 0 Å². The number of ether oxygens (including phenoxy) is 4. The van der Waals surface area contributed by atoms with Crippen molar-refractivity contribution in [2.45, 2.75) is 24.4 Å². The molecule has 2 aromatic rings. The molecule has 2 saturated heterocycles. The molecule has 0 aliphatic carbocycles. The zero-order valence-corrected chi connectivity index (χ0v) is 13.9. The molecule has 6 nitrogen and oxygen atoms in total. The van der Waals surface area contributed by atoms with Crippen LogP contribution in [0, 0.1) is 0 Å². The van der Waals surface area contributed by atoms with E-state index in [4.69, 9.17) is 18.9 Å². The van der Waals surface area contributed by atoms with Crippen molar-refractivity contribution >= 4 is 11.9 Å². The molecule has 0 N–H and O–H groups in total. The summed E-state index contributed by atoms with van der Waals surface area (Å²) in [5.41, 5.74) is 0.946. The van der Waals surface area contributed by atoms with Crippen LogP contribution in [0.1, 0.15) is 20.7 Å². The van der Waals surface area contributed by atoms with Gasteiger partial charge in [0.2, 0.25) is 0 Å². The zero-order chi connectivity index (χ0) is 17.9. The van der Waals surface area contributed by atoms with Crippen molar-refractivity contribution in [1.29, 1.82) is 0 Å². The number of esters is 2. The topological polar surface area (TPSA) is 71.1 Å². The van der Waals surface area contributed by atoms with Crippen LogP contribution in [0.15, 0.2) is 60.7 Å². The molecule has 0 unspecified atom stereocenters. The van der Waals surface area contributed by atoms with E-state index in [2.05, 4.69) is 0 Å². The van der Waals surface area contributed by atoms with Crippen molar-refractivity contribution in [3.8, 4) is 0 Å². The van der Waals surface area contributed by atoms with Gasteiger partial charge in [0.25, 0.3) is 0 Å². The third-order valence-corrected chi connectivity index (χ3v) is 4.50. The monoisotopic (exact) mass is 354 g/mol. The minimum absolute atomic E-state index is 0.216. The van der Waals surface area contributed by atoms with Crippen molar-refractivity contribution in [3.05, 3.63) is 71.8 Å². The van der Waals surface area contributed by atoms with Gasteiger partial charge in [-0.3, -0.25) is 0 Å². The highest BCUT2D eigenvalue weighted by Crippen LogP contribution is 2.31. The minimum atomic E-state index is -0.520. The largest absolute Gasteiger partial charge is 0.453 e. The second-order valence-corrected chi connectivity index (χ2v) is 6.22. The van der Waals surface area contributed by atoms with Crippen molar-refractivity contribution in [2.75, 3.05) is 13.2 Å². The fraction of sp³-hybridized carbons (Fsp3) is 0.300. The lowest BCUT2D eigenvalue weighted by Gasteiger charge is -2.17. The fourth-order valence-corrected chi connectivity index (χ4v) is 3.19. The number of benzene rings is 2. The summed E-state index contributed by atoms with van der Waals surface area (Å²) >= 11 is 0. The normalized spacial score (nSPS) is 26.9. The smallest absolute Gasteiger partial charge is 0.338 e. The number of rotatable bonds is 4. The molecule has 2 aliphatic rings. The van der Waals surface area contributed by atoms with Crippen molar-refractivity contribution in [3.63, 3.8) is 0 Å². The Morgan fingerprint density at radius 2 is 1.08 bits per heavy atom. The summed E-state index contributed by atoms with van der Waals surface area (Å²) in [5.74, 6) is -0.846. The highest BCUT2D eigenvalue weighted by Gasteiger charge is 2.51. The SMILES string of the molecule is O=C(O[C@H]1CO[C@H]2[C@@H]1OC[C@@H]2OC(=O)c1ccccc1)c1ccccc1. The van der Waals surface area contributed by atoms with E-state index >= 15 is 0 Å². The number of hydrogen-bond acceptors (Lipinski definition) is 6. The van der Waals surface area contributed by atoms with Crippen LogP contribution in [0.25, 0.3) is 0 Å². The molecule has 0 saturated carbocycles. The van der Waals surface area contributed by atoms with Crippen LogP contribution in [0.3, 0.4) is 0 Å². The first-order valence-electron chi connectivity index (χ1n) is 8.47. The summed E-state index contributed by atoms with van der Waals surface area (Å²) in [5, 5.41) is 0. The zero-order valence-electron chi connectivity index (χ0n) is 13.9. The molecule has 4 rings (SSSR count). The van der Waals surface area contributed by atoms with Crippen LogP contribution in [-0.2, 0) is 18.9 Å². The Kier molecular flexibility index (Phi) is 4.69. The Bertz CT molecular complexity index is 708. The molecule has 0 aromatic heterocycles. The Labute approximate surface area is 150 Å². The molecule has 2 fully saturated rings. The molecular weight excluding hydrogens is 336 g/mol. The molecule has 0 amide bonds. The van der Waals surface area contributed by atoms with Gasteiger partial charge in [-0.25, -0.2) is 9.59 Å². The van der Waals surface area contributed by atoms with Gasteiger partial charge in [0.15, 0.2) is 12.2 Å². The highest BCUT2D eigenvalue weighted by molar-refractivity contribution is 5.90. The van der Waals surface area contributed by atoms with E-state index in [1.165, 1.54) is 0 Å². The van der Waals surface area contributed by atoms with Crippen LogP contribution in [0.2, 0.25) is 0 Å². The highest BCUT2D eigenvalue weighted by atomic mass is 16.7. The van der Waals surface area contributed by atoms with Gasteiger partial charge in [-0.2, -0.15) is 0 Å². The van der Waals surface area contributed by atoms with E-state index in [9.17, 15) is 9.59 Å². The van der Waals surface area contributed by atoms with Crippen molar-refractivity contribution < 1.29 is 28.5 Å². The molecule has 6 heteroatoms. The molecule has 4 atom stereocenters. The van der Waals surface area contributed by atoms with Crippen molar-refractivity contribution in [2.24, 2.45) is 0 Å². The fourth-order valence-electron chi connectivity index (χ4n) is 3.19. The van der Waals surface area contributed by atoms with E-state index in [0.717, 1.165) is 0 Å². The Balaban J connectivity index is 1.37. The molecule has 2 heterocycles.